The average Bonchev–Trinajstić information content (AvgIpc) is 3.34. The first-order chi connectivity index (χ1) is 16.4. The third-order valence-corrected chi connectivity index (χ3v) is 5.21. The molecule has 1 N–H and O–H groups in total. The molecule has 1 atom stereocenters. The first-order valence-electron chi connectivity index (χ1n) is 9.78. The van der Waals surface area contributed by atoms with Crippen LogP contribution >= 0.6 is 0 Å². The lowest BCUT2D eigenvalue weighted by Gasteiger charge is -2.28. The molecule has 174 valence electrons. The number of nitrogens with zero attached hydrogens (tertiary/aromatic N) is 5. The molecule has 0 unspecified atom stereocenters. The van der Waals surface area contributed by atoms with Gasteiger partial charge in [0.05, 0.1) is 31.8 Å². The van der Waals surface area contributed by atoms with E-state index in [4.69, 9.17) is 14.2 Å². The number of nitrogens with one attached hydrogen (secondary N) is 1. The maximum atomic E-state index is 13.7. The molecule has 0 bridgehead atoms. The second-order valence-electron chi connectivity index (χ2n) is 7.00. The molecule has 13 heteroatoms. The second-order valence-corrected chi connectivity index (χ2v) is 7.00. The molecule has 0 spiro atoms. The van der Waals surface area contributed by atoms with E-state index in [1.807, 2.05) is 0 Å². The number of carbonyl (C=O) groups is 2. The summed E-state index contributed by atoms with van der Waals surface area (Å²) in [5.74, 6) is -0.443. The van der Waals surface area contributed by atoms with Crippen molar-refractivity contribution in [1.29, 1.82) is 0 Å². The van der Waals surface area contributed by atoms with Crippen LogP contribution < -0.4 is 14.8 Å². The summed E-state index contributed by atoms with van der Waals surface area (Å²) in [4.78, 5) is 36.8. The predicted molar refractivity (Wildman–Crippen MR) is 116 cm³/mol. The number of methoxy groups -OCH3 is 3. The summed E-state index contributed by atoms with van der Waals surface area (Å²) in [6.07, 6.45) is 0. The Morgan fingerprint density at radius 2 is 1.76 bits per heavy atom. The lowest BCUT2D eigenvalue weighted by atomic mass is 9.89. The zero-order chi connectivity index (χ0) is 24.4. The van der Waals surface area contributed by atoms with Crippen molar-refractivity contribution in [3.63, 3.8) is 0 Å². The highest BCUT2D eigenvalue weighted by atomic mass is 16.6. The SMILES string of the molecule is COC(=O)C1=C(C(=O)c2ccc([N+](=O)[O-])cc2)[C@H](c2ccc(OC)c(OC)c2)n2nnnc2N1. The van der Waals surface area contributed by atoms with Gasteiger partial charge in [0.15, 0.2) is 17.3 Å². The van der Waals surface area contributed by atoms with E-state index >= 15 is 0 Å². The topological polar surface area (TPSA) is 161 Å². The van der Waals surface area contributed by atoms with Crippen molar-refractivity contribution in [2.24, 2.45) is 0 Å². The van der Waals surface area contributed by atoms with Gasteiger partial charge >= 0.3 is 5.97 Å². The fraction of sp³-hybridized carbons (Fsp3) is 0.190. The number of hydrogen-bond donors (Lipinski definition) is 1. The van der Waals surface area contributed by atoms with Crippen LogP contribution in [0.1, 0.15) is 22.0 Å². The standard InChI is InChI=1S/C21H18N6O7/c1-32-14-9-6-12(10-15(14)33-2)18-16(19(28)11-4-7-13(8-5-11)27(30)31)17(20(29)34-3)22-21-23-24-25-26(18)21/h4-10,18H,1-3H3,(H,22,23,25)/t18-/m0/s1. The highest BCUT2D eigenvalue weighted by Crippen LogP contribution is 2.39. The minimum Gasteiger partial charge on any atom is -0.493 e. The number of tetrazole rings is 1. The summed E-state index contributed by atoms with van der Waals surface area (Å²) in [7, 11) is 4.12. The Labute approximate surface area is 192 Å². The number of esters is 1. The zero-order valence-corrected chi connectivity index (χ0v) is 18.2. The van der Waals surface area contributed by atoms with E-state index in [0.717, 1.165) is 0 Å². The van der Waals surface area contributed by atoms with Crippen molar-refractivity contribution < 1.29 is 28.7 Å². The van der Waals surface area contributed by atoms with E-state index in [0.29, 0.717) is 17.1 Å². The summed E-state index contributed by atoms with van der Waals surface area (Å²) < 4.78 is 16.9. The molecule has 1 aliphatic heterocycles. The van der Waals surface area contributed by atoms with Crippen molar-refractivity contribution in [3.05, 3.63) is 75.0 Å². The van der Waals surface area contributed by atoms with Crippen molar-refractivity contribution in [1.82, 2.24) is 20.2 Å². The van der Waals surface area contributed by atoms with Crippen LogP contribution in [0.5, 0.6) is 11.5 Å². The maximum Gasteiger partial charge on any atom is 0.355 e. The lowest BCUT2D eigenvalue weighted by Crippen LogP contribution is -2.33. The molecule has 2 aromatic carbocycles. The predicted octanol–water partition coefficient (Wildman–Crippen LogP) is 1.92. The van der Waals surface area contributed by atoms with Gasteiger partial charge in [-0.1, -0.05) is 11.2 Å². The molecular formula is C21H18N6O7. The molecule has 13 nitrogen and oxygen atoms in total. The number of rotatable bonds is 7. The first-order valence-corrected chi connectivity index (χ1v) is 9.78. The van der Waals surface area contributed by atoms with Gasteiger partial charge in [0.25, 0.3) is 5.69 Å². The third kappa shape index (κ3) is 3.79. The number of nitro benzene ring substituents is 1. The van der Waals surface area contributed by atoms with Gasteiger partial charge in [-0.2, -0.15) is 4.68 Å². The highest BCUT2D eigenvalue weighted by molar-refractivity contribution is 6.15. The summed E-state index contributed by atoms with van der Waals surface area (Å²) >= 11 is 0. The van der Waals surface area contributed by atoms with E-state index in [1.165, 1.54) is 50.3 Å². The number of Topliss-reactive ketones (excluding diaryl/α,β-unsaturated/α-hetero) is 1. The van der Waals surface area contributed by atoms with Crippen LogP contribution in [0.2, 0.25) is 0 Å². The number of carbonyl (C=O) groups excluding carboxylic acids is 2. The molecule has 2 heterocycles. The smallest absolute Gasteiger partial charge is 0.355 e. The molecular weight excluding hydrogens is 448 g/mol. The van der Waals surface area contributed by atoms with Crippen LogP contribution in [-0.2, 0) is 9.53 Å². The van der Waals surface area contributed by atoms with Gasteiger partial charge < -0.3 is 19.5 Å². The number of allylic oxidation sites excluding steroid dienone is 1. The number of benzene rings is 2. The van der Waals surface area contributed by atoms with Crippen molar-refractivity contribution in [2.75, 3.05) is 26.6 Å². The number of ketones is 1. The Morgan fingerprint density at radius 1 is 1.06 bits per heavy atom. The molecule has 1 aliphatic rings. The molecule has 4 rings (SSSR count). The van der Waals surface area contributed by atoms with Crippen LogP contribution in [0.15, 0.2) is 53.7 Å². The Morgan fingerprint density at radius 3 is 2.38 bits per heavy atom. The number of hydrogen-bond acceptors (Lipinski definition) is 11. The fourth-order valence-electron chi connectivity index (χ4n) is 3.61. The minimum absolute atomic E-state index is 0.0206. The first kappa shape index (κ1) is 22.4. The summed E-state index contributed by atoms with van der Waals surface area (Å²) in [5.41, 5.74) is 0.269. The second kappa shape index (κ2) is 8.97. The molecule has 0 fully saturated rings. The third-order valence-electron chi connectivity index (χ3n) is 5.21. The number of fused-ring (bicyclic) bond motifs is 1. The normalized spacial score (nSPS) is 14.6. The van der Waals surface area contributed by atoms with Crippen molar-refractivity contribution in [2.45, 2.75) is 6.04 Å². The maximum absolute atomic E-state index is 13.7. The molecule has 0 radical (unpaired) electrons. The Kier molecular flexibility index (Phi) is 5.91. The van der Waals surface area contributed by atoms with Crippen LogP contribution in [0.3, 0.4) is 0 Å². The van der Waals surface area contributed by atoms with Gasteiger partial charge in [0.2, 0.25) is 5.95 Å². The van der Waals surface area contributed by atoms with Gasteiger partial charge in [-0.3, -0.25) is 14.9 Å². The number of anilines is 1. The highest BCUT2D eigenvalue weighted by Gasteiger charge is 2.39. The lowest BCUT2D eigenvalue weighted by molar-refractivity contribution is -0.384. The number of aromatic nitrogens is 4. The average molecular weight is 466 g/mol. The minimum atomic E-state index is -0.956. The number of ether oxygens (including phenoxy) is 3. The Balaban J connectivity index is 1.93. The fourth-order valence-corrected chi connectivity index (χ4v) is 3.61. The Hall–Kier alpha value is -4.81. The quantitative estimate of drug-likeness (QED) is 0.234. The van der Waals surface area contributed by atoms with Gasteiger partial charge in [-0.05, 0) is 40.3 Å². The van der Waals surface area contributed by atoms with E-state index in [-0.39, 0.29) is 28.5 Å². The monoisotopic (exact) mass is 466 g/mol. The van der Waals surface area contributed by atoms with Crippen molar-refractivity contribution >= 4 is 23.4 Å². The van der Waals surface area contributed by atoms with Crippen LogP contribution in [0, 0.1) is 10.1 Å². The van der Waals surface area contributed by atoms with Crippen LogP contribution in [0.4, 0.5) is 11.6 Å². The van der Waals surface area contributed by atoms with Gasteiger partial charge in [-0.25, -0.2) is 4.79 Å². The summed E-state index contributed by atoms with van der Waals surface area (Å²) in [5, 5.41) is 25.3. The van der Waals surface area contributed by atoms with Crippen LogP contribution in [-0.4, -0.2) is 58.2 Å². The number of non-ortho nitro benzene ring substituents is 1. The Bertz CT molecular complexity index is 1320. The van der Waals surface area contributed by atoms with Crippen molar-refractivity contribution in [3.8, 4) is 11.5 Å². The summed E-state index contributed by atoms with van der Waals surface area (Å²) in [6, 6.07) is 9.03. The van der Waals surface area contributed by atoms with E-state index in [9.17, 15) is 19.7 Å². The zero-order valence-electron chi connectivity index (χ0n) is 18.2. The van der Waals surface area contributed by atoms with E-state index < -0.39 is 22.7 Å². The molecule has 0 saturated carbocycles. The summed E-state index contributed by atoms with van der Waals surface area (Å²) in [6.45, 7) is 0. The van der Waals surface area contributed by atoms with Gasteiger partial charge in [-0.15, -0.1) is 0 Å². The number of nitro groups is 1. The van der Waals surface area contributed by atoms with Gasteiger partial charge in [0, 0.05) is 17.7 Å². The van der Waals surface area contributed by atoms with E-state index in [2.05, 4.69) is 20.8 Å². The molecule has 3 aromatic rings. The molecule has 34 heavy (non-hydrogen) atoms. The van der Waals surface area contributed by atoms with Crippen LogP contribution in [0.25, 0.3) is 0 Å². The largest absolute Gasteiger partial charge is 0.493 e. The van der Waals surface area contributed by atoms with E-state index in [1.54, 1.807) is 18.2 Å². The molecule has 0 saturated heterocycles. The molecule has 0 aliphatic carbocycles. The molecule has 1 aromatic heterocycles. The van der Waals surface area contributed by atoms with Gasteiger partial charge in [0.1, 0.15) is 11.7 Å². The molecule has 0 amide bonds.